The van der Waals surface area contributed by atoms with E-state index in [9.17, 15) is 13.2 Å². The summed E-state index contributed by atoms with van der Waals surface area (Å²) in [6.07, 6.45) is -4.32. The van der Waals surface area contributed by atoms with Crippen molar-refractivity contribution in [1.82, 2.24) is 0 Å². The van der Waals surface area contributed by atoms with Crippen LogP contribution < -0.4 is 4.74 Å². The first-order valence-corrected chi connectivity index (χ1v) is 5.88. The third kappa shape index (κ3) is 4.58. The van der Waals surface area contributed by atoms with Crippen molar-refractivity contribution in [2.24, 2.45) is 0 Å². The van der Waals surface area contributed by atoms with Crippen molar-refractivity contribution in [2.75, 3.05) is 6.61 Å². The normalized spacial score (nSPS) is 12.6. The Morgan fingerprint density at radius 3 is 2.18 bits per heavy atom. The number of alkyl halides is 3. The Morgan fingerprint density at radius 1 is 1.18 bits per heavy atom. The molecule has 0 bridgehead atoms. The number of benzene rings is 1. The largest absolute Gasteiger partial charge is 0.483 e. The molecule has 0 aliphatic rings. The van der Waals surface area contributed by atoms with Crippen LogP contribution in [0.25, 0.3) is 0 Å². The zero-order valence-electron chi connectivity index (χ0n) is 9.86. The molecule has 0 aromatic heterocycles. The number of ether oxygens (including phenoxy) is 1. The molecule has 0 saturated carbocycles. The highest BCUT2D eigenvalue weighted by Crippen LogP contribution is 2.32. The molecule has 1 aromatic rings. The summed E-state index contributed by atoms with van der Waals surface area (Å²) in [4.78, 5) is 0. The predicted octanol–water partition coefficient (Wildman–Crippen LogP) is 4.69. The SMILES string of the molecule is CC(C)(C)c1ccc(OCC(F)(F)F)c(Br)c1. The maximum Gasteiger partial charge on any atom is 0.422 e. The highest BCUT2D eigenvalue weighted by Gasteiger charge is 2.28. The van der Waals surface area contributed by atoms with Crippen LogP contribution in [-0.2, 0) is 5.41 Å². The predicted molar refractivity (Wildman–Crippen MR) is 64.4 cm³/mol. The zero-order valence-corrected chi connectivity index (χ0v) is 11.4. The first kappa shape index (κ1) is 14.4. The Morgan fingerprint density at radius 2 is 1.76 bits per heavy atom. The van der Waals surface area contributed by atoms with Crippen molar-refractivity contribution in [1.29, 1.82) is 0 Å². The molecule has 0 amide bonds. The third-order valence-corrected chi connectivity index (χ3v) is 2.81. The molecule has 1 rings (SSSR count). The van der Waals surface area contributed by atoms with E-state index in [4.69, 9.17) is 4.74 Å². The minimum atomic E-state index is -4.32. The van der Waals surface area contributed by atoms with Gasteiger partial charge in [-0.25, -0.2) is 0 Å². The van der Waals surface area contributed by atoms with Gasteiger partial charge in [0.05, 0.1) is 4.47 Å². The minimum Gasteiger partial charge on any atom is -0.483 e. The van der Waals surface area contributed by atoms with E-state index >= 15 is 0 Å². The van der Waals surface area contributed by atoms with E-state index in [1.165, 1.54) is 0 Å². The lowest BCUT2D eigenvalue weighted by Crippen LogP contribution is -2.19. The van der Waals surface area contributed by atoms with Gasteiger partial charge in [0.2, 0.25) is 0 Å². The molecule has 0 N–H and O–H groups in total. The van der Waals surface area contributed by atoms with Gasteiger partial charge in [-0.2, -0.15) is 13.2 Å². The molecule has 0 aliphatic carbocycles. The summed E-state index contributed by atoms with van der Waals surface area (Å²) in [5.41, 5.74) is 0.981. The van der Waals surface area contributed by atoms with E-state index in [0.29, 0.717) is 4.47 Å². The molecular formula is C12H14BrF3O. The van der Waals surface area contributed by atoms with E-state index in [1.54, 1.807) is 18.2 Å². The number of hydrogen-bond donors (Lipinski definition) is 0. The average Bonchev–Trinajstić information content (AvgIpc) is 2.12. The van der Waals surface area contributed by atoms with Crippen LogP contribution in [-0.4, -0.2) is 12.8 Å². The van der Waals surface area contributed by atoms with Gasteiger partial charge in [0.25, 0.3) is 0 Å². The molecule has 0 fully saturated rings. The van der Waals surface area contributed by atoms with Gasteiger partial charge in [0.15, 0.2) is 6.61 Å². The van der Waals surface area contributed by atoms with E-state index in [1.807, 2.05) is 20.8 Å². The summed E-state index contributed by atoms with van der Waals surface area (Å²) >= 11 is 3.21. The molecule has 0 unspecified atom stereocenters. The maximum absolute atomic E-state index is 12.0. The maximum atomic E-state index is 12.0. The van der Waals surface area contributed by atoms with Crippen LogP contribution in [0.5, 0.6) is 5.75 Å². The fourth-order valence-electron chi connectivity index (χ4n) is 1.24. The summed E-state index contributed by atoms with van der Waals surface area (Å²) in [6.45, 7) is 4.82. The van der Waals surface area contributed by atoms with Gasteiger partial charge >= 0.3 is 6.18 Å². The van der Waals surface area contributed by atoms with Crippen LogP contribution in [0.1, 0.15) is 26.3 Å². The highest BCUT2D eigenvalue weighted by atomic mass is 79.9. The van der Waals surface area contributed by atoms with Gasteiger partial charge in [-0.15, -0.1) is 0 Å². The van der Waals surface area contributed by atoms with Crippen molar-refractivity contribution in [2.45, 2.75) is 32.4 Å². The molecule has 0 saturated heterocycles. The lowest BCUT2D eigenvalue weighted by Gasteiger charge is -2.20. The van der Waals surface area contributed by atoms with Gasteiger partial charge in [-0.05, 0) is 39.0 Å². The standard InChI is InChI=1S/C12H14BrF3O/c1-11(2,3)8-4-5-10(9(13)6-8)17-7-12(14,15)16/h4-6H,7H2,1-3H3. The molecule has 96 valence electrons. The van der Waals surface area contributed by atoms with Crippen LogP contribution in [0.15, 0.2) is 22.7 Å². The van der Waals surface area contributed by atoms with Crippen molar-refractivity contribution >= 4 is 15.9 Å². The summed E-state index contributed by atoms with van der Waals surface area (Å²) in [5, 5.41) is 0. The summed E-state index contributed by atoms with van der Waals surface area (Å²) < 4.78 is 41.2. The van der Waals surface area contributed by atoms with Crippen molar-refractivity contribution in [3.63, 3.8) is 0 Å². The second-order valence-corrected chi connectivity index (χ2v) is 5.65. The lowest BCUT2D eigenvalue weighted by molar-refractivity contribution is -0.153. The monoisotopic (exact) mass is 310 g/mol. The minimum absolute atomic E-state index is 0.0505. The molecule has 1 aromatic carbocycles. The average molecular weight is 311 g/mol. The van der Waals surface area contributed by atoms with Gasteiger partial charge < -0.3 is 4.74 Å². The fraction of sp³-hybridized carbons (Fsp3) is 0.500. The Kier molecular flexibility index (Phi) is 4.12. The smallest absolute Gasteiger partial charge is 0.422 e. The summed E-state index contributed by atoms with van der Waals surface area (Å²) in [6, 6.07) is 5.11. The molecule has 0 radical (unpaired) electrons. The molecular weight excluding hydrogens is 297 g/mol. The third-order valence-electron chi connectivity index (χ3n) is 2.19. The van der Waals surface area contributed by atoms with Crippen LogP contribution in [0.2, 0.25) is 0 Å². The zero-order chi connectivity index (χ0) is 13.3. The quantitative estimate of drug-likeness (QED) is 0.770. The number of rotatable bonds is 2. The summed E-state index contributed by atoms with van der Waals surface area (Å²) in [7, 11) is 0. The van der Waals surface area contributed by atoms with E-state index in [0.717, 1.165) is 5.56 Å². The van der Waals surface area contributed by atoms with Crippen molar-refractivity contribution < 1.29 is 17.9 Å². The first-order valence-electron chi connectivity index (χ1n) is 5.09. The summed E-state index contributed by atoms with van der Waals surface area (Å²) in [5.74, 6) is 0.204. The number of halogens is 4. The van der Waals surface area contributed by atoms with Gasteiger partial charge in [0, 0.05) is 0 Å². The highest BCUT2D eigenvalue weighted by molar-refractivity contribution is 9.10. The molecule has 0 aliphatic heterocycles. The van der Waals surface area contributed by atoms with Gasteiger partial charge in [-0.3, -0.25) is 0 Å². The molecule has 0 atom stereocenters. The van der Waals surface area contributed by atoms with Crippen LogP contribution in [0.3, 0.4) is 0 Å². The molecule has 17 heavy (non-hydrogen) atoms. The molecule has 0 spiro atoms. The Balaban J connectivity index is 2.84. The topological polar surface area (TPSA) is 9.23 Å². The molecule has 5 heteroatoms. The van der Waals surface area contributed by atoms with Crippen LogP contribution in [0.4, 0.5) is 13.2 Å². The van der Waals surface area contributed by atoms with Crippen LogP contribution in [0, 0.1) is 0 Å². The van der Waals surface area contributed by atoms with E-state index in [2.05, 4.69) is 15.9 Å². The Labute approximate surface area is 107 Å². The Hall–Kier alpha value is -0.710. The van der Waals surface area contributed by atoms with Crippen molar-refractivity contribution in [3.8, 4) is 5.75 Å². The second kappa shape index (κ2) is 4.88. The van der Waals surface area contributed by atoms with E-state index in [-0.39, 0.29) is 11.2 Å². The van der Waals surface area contributed by atoms with Crippen molar-refractivity contribution in [3.05, 3.63) is 28.2 Å². The Bertz CT molecular complexity index is 394. The van der Waals surface area contributed by atoms with E-state index < -0.39 is 12.8 Å². The fourth-order valence-corrected chi connectivity index (χ4v) is 1.74. The lowest BCUT2D eigenvalue weighted by atomic mass is 9.87. The van der Waals surface area contributed by atoms with Gasteiger partial charge in [0.1, 0.15) is 5.75 Å². The van der Waals surface area contributed by atoms with Gasteiger partial charge in [-0.1, -0.05) is 26.8 Å². The second-order valence-electron chi connectivity index (χ2n) is 4.80. The number of hydrogen-bond acceptors (Lipinski definition) is 1. The molecule has 1 nitrogen and oxygen atoms in total. The first-order chi connectivity index (χ1) is 7.59. The van der Waals surface area contributed by atoms with Crippen LogP contribution >= 0.6 is 15.9 Å². The molecule has 0 heterocycles.